The van der Waals surface area contributed by atoms with E-state index in [9.17, 15) is 0 Å². The molecule has 0 amide bonds. The predicted octanol–water partition coefficient (Wildman–Crippen LogP) is 5.37. The SMILES string of the molecule is CC1(C)O[C@@H]2[C@@H](CO[Si](C)(C)C(C)(C)C)C[C@@H](n3cc(I)c4c(N)nc(Cl)nc43)[C@@H]2O1. The molecule has 2 fully saturated rings. The molecule has 1 aliphatic heterocycles. The summed E-state index contributed by atoms with van der Waals surface area (Å²) in [5, 5.41) is 1.15. The lowest BCUT2D eigenvalue weighted by Crippen LogP contribution is -2.43. The van der Waals surface area contributed by atoms with Crippen LogP contribution in [0.2, 0.25) is 23.4 Å². The van der Waals surface area contributed by atoms with Crippen molar-refractivity contribution >= 4 is 59.4 Å². The zero-order chi connectivity index (χ0) is 22.9. The van der Waals surface area contributed by atoms with Gasteiger partial charge in [0.15, 0.2) is 14.1 Å². The second-order valence-corrected chi connectivity index (χ2v) is 17.0. The molecule has 0 aromatic carbocycles. The lowest BCUT2D eigenvalue weighted by atomic mass is 10.1. The predicted molar refractivity (Wildman–Crippen MR) is 134 cm³/mol. The highest BCUT2D eigenvalue weighted by molar-refractivity contribution is 14.1. The Balaban J connectivity index is 1.68. The van der Waals surface area contributed by atoms with Gasteiger partial charge in [0, 0.05) is 22.3 Å². The molecule has 2 aliphatic rings. The maximum atomic E-state index is 6.60. The van der Waals surface area contributed by atoms with E-state index in [2.05, 4.69) is 77.2 Å². The number of aromatic nitrogens is 3. The van der Waals surface area contributed by atoms with Gasteiger partial charge in [-0.25, -0.2) is 4.98 Å². The first-order valence-corrected chi connectivity index (χ1v) is 15.1. The maximum absolute atomic E-state index is 6.60. The van der Waals surface area contributed by atoms with Crippen molar-refractivity contribution in [2.45, 2.75) is 83.2 Å². The minimum atomic E-state index is -1.87. The molecule has 2 aromatic heterocycles. The summed E-state index contributed by atoms with van der Waals surface area (Å²) in [5.74, 6) is -0.00422. The number of nitrogen functional groups attached to an aromatic ring is 1. The van der Waals surface area contributed by atoms with Crippen LogP contribution in [0.5, 0.6) is 0 Å². The van der Waals surface area contributed by atoms with Gasteiger partial charge >= 0.3 is 0 Å². The second-order valence-electron chi connectivity index (χ2n) is 10.7. The maximum Gasteiger partial charge on any atom is 0.226 e. The van der Waals surface area contributed by atoms with Gasteiger partial charge in [-0.2, -0.15) is 4.98 Å². The van der Waals surface area contributed by atoms with Gasteiger partial charge in [0.25, 0.3) is 0 Å². The van der Waals surface area contributed by atoms with Gasteiger partial charge < -0.3 is 24.2 Å². The quantitative estimate of drug-likeness (QED) is 0.298. The summed E-state index contributed by atoms with van der Waals surface area (Å²) in [7, 11) is -1.87. The number of anilines is 1. The van der Waals surface area contributed by atoms with E-state index in [1.807, 2.05) is 13.8 Å². The number of rotatable bonds is 4. The summed E-state index contributed by atoms with van der Waals surface area (Å²) >= 11 is 8.43. The van der Waals surface area contributed by atoms with Crippen LogP contribution in [-0.2, 0) is 13.9 Å². The molecule has 0 radical (unpaired) electrons. The first-order valence-electron chi connectivity index (χ1n) is 10.7. The molecule has 4 rings (SSSR count). The molecule has 1 saturated carbocycles. The van der Waals surface area contributed by atoms with E-state index in [-0.39, 0.29) is 34.5 Å². The number of ether oxygens (including phenoxy) is 2. The normalized spacial score (nSPS) is 28.4. The number of nitrogens with zero attached hydrogens (tertiary/aromatic N) is 3. The Kier molecular flexibility index (Phi) is 5.96. The van der Waals surface area contributed by atoms with Crippen LogP contribution in [0.25, 0.3) is 11.0 Å². The molecule has 0 unspecified atom stereocenters. The Bertz CT molecular complexity index is 1010. The molecule has 1 saturated heterocycles. The molecule has 10 heteroatoms. The van der Waals surface area contributed by atoms with Gasteiger partial charge in [0.05, 0.1) is 17.5 Å². The molecule has 1 aliphatic carbocycles. The zero-order valence-corrected chi connectivity index (χ0v) is 23.1. The van der Waals surface area contributed by atoms with E-state index < -0.39 is 14.1 Å². The Labute approximate surface area is 203 Å². The van der Waals surface area contributed by atoms with E-state index in [4.69, 9.17) is 31.2 Å². The number of hydrogen-bond acceptors (Lipinski definition) is 6. The van der Waals surface area contributed by atoms with E-state index in [0.29, 0.717) is 12.4 Å². The molecule has 172 valence electrons. The van der Waals surface area contributed by atoms with Crippen molar-refractivity contribution in [1.29, 1.82) is 0 Å². The number of halogens is 2. The second kappa shape index (κ2) is 7.80. The standard InChI is InChI=1S/C21H32ClIN4O3Si/c1-20(2,3)31(6,7)28-10-11-8-13(16-15(11)29-21(4,5)30-16)27-9-12(23)14-17(24)25-19(22)26-18(14)27/h9,11,13,15-16H,8,10H2,1-7H3,(H2,24,25,26)/t11-,13-,15-,16+/m1/s1. The Morgan fingerprint density at radius 2 is 1.94 bits per heavy atom. The molecule has 31 heavy (non-hydrogen) atoms. The molecule has 2 aromatic rings. The molecule has 4 atom stereocenters. The fraction of sp³-hybridized carbons (Fsp3) is 0.714. The number of nitrogens with two attached hydrogens (primary N) is 1. The minimum Gasteiger partial charge on any atom is -0.416 e. The third kappa shape index (κ3) is 4.26. The minimum absolute atomic E-state index is 0.0328. The van der Waals surface area contributed by atoms with Crippen molar-refractivity contribution in [3.05, 3.63) is 15.1 Å². The largest absolute Gasteiger partial charge is 0.416 e. The average Bonchev–Trinajstić information content (AvgIpc) is 3.20. The van der Waals surface area contributed by atoms with Crippen LogP contribution in [0.1, 0.15) is 47.1 Å². The smallest absolute Gasteiger partial charge is 0.226 e. The monoisotopic (exact) mass is 578 g/mol. The van der Waals surface area contributed by atoms with Crippen LogP contribution in [0.4, 0.5) is 5.82 Å². The molecule has 7 nitrogen and oxygen atoms in total. The van der Waals surface area contributed by atoms with Crippen LogP contribution in [0.3, 0.4) is 0 Å². The number of hydrogen-bond donors (Lipinski definition) is 1. The van der Waals surface area contributed by atoms with Crippen molar-refractivity contribution in [3.8, 4) is 0 Å². The highest BCUT2D eigenvalue weighted by atomic mass is 127. The lowest BCUT2D eigenvalue weighted by molar-refractivity contribution is -0.161. The Morgan fingerprint density at radius 1 is 1.29 bits per heavy atom. The van der Waals surface area contributed by atoms with Crippen LogP contribution in [0.15, 0.2) is 6.20 Å². The lowest BCUT2D eigenvalue weighted by Gasteiger charge is -2.37. The van der Waals surface area contributed by atoms with Crippen LogP contribution in [0, 0.1) is 9.49 Å². The summed E-state index contributed by atoms with van der Waals surface area (Å²) in [6.07, 6.45) is 2.82. The van der Waals surface area contributed by atoms with Crippen LogP contribution in [-0.4, -0.2) is 47.5 Å². The van der Waals surface area contributed by atoms with Gasteiger partial charge in [-0.05, 0) is 72.6 Å². The van der Waals surface area contributed by atoms with E-state index in [1.165, 1.54) is 0 Å². The number of fused-ring (bicyclic) bond motifs is 2. The summed E-state index contributed by atoms with van der Waals surface area (Å²) < 4.78 is 22.5. The summed E-state index contributed by atoms with van der Waals surface area (Å²) in [4.78, 5) is 8.64. The Hall–Kier alpha value is -0.463. The van der Waals surface area contributed by atoms with Crippen molar-refractivity contribution in [1.82, 2.24) is 14.5 Å². The van der Waals surface area contributed by atoms with Crippen molar-refractivity contribution in [3.63, 3.8) is 0 Å². The summed E-state index contributed by atoms with van der Waals surface area (Å²) in [6.45, 7) is 16.0. The molecule has 2 N–H and O–H groups in total. The molecule has 3 heterocycles. The van der Waals surface area contributed by atoms with E-state index in [0.717, 1.165) is 21.0 Å². The topological polar surface area (TPSA) is 84.4 Å². The van der Waals surface area contributed by atoms with E-state index >= 15 is 0 Å². The Morgan fingerprint density at radius 3 is 2.58 bits per heavy atom. The molecular formula is C21H32ClIN4O3Si. The highest BCUT2D eigenvalue weighted by Crippen LogP contribution is 2.49. The van der Waals surface area contributed by atoms with Gasteiger partial charge in [0.2, 0.25) is 5.28 Å². The van der Waals surface area contributed by atoms with E-state index in [1.54, 1.807) is 0 Å². The zero-order valence-electron chi connectivity index (χ0n) is 19.2. The molecule has 0 bridgehead atoms. The van der Waals surface area contributed by atoms with Gasteiger partial charge in [-0.1, -0.05) is 20.8 Å². The summed E-state index contributed by atoms with van der Waals surface area (Å²) in [6, 6.07) is 0.0520. The van der Waals surface area contributed by atoms with Gasteiger partial charge in [-0.15, -0.1) is 0 Å². The molecular weight excluding hydrogens is 547 g/mol. The highest BCUT2D eigenvalue weighted by Gasteiger charge is 2.55. The summed E-state index contributed by atoms with van der Waals surface area (Å²) in [5.41, 5.74) is 6.90. The van der Waals surface area contributed by atoms with Crippen molar-refractivity contribution in [2.24, 2.45) is 5.92 Å². The first-order chi connectivity index (χ1) is 14.2. The average molecular weight is 579 g/mol. The van der Waals surface area contributed by atoms with Crippen molar-refractivity contribution < 1.29 is 13.9 Å². The van der Waals surface area contributed by atoms with Crippen molar-refractivity contribution in [2.75, 3.05) is 12.3 Å². The fourth-order valence-electron chi connectivity index (χ4n) is 4.38. The third-order valence-corrected chi connectivity index (χ3v) is 12.5. The first kappa shape index (κ1) is 23.7. The van der Waals surface area contributed by atoms with Crippen LogP contribution < -0.4 is 5.73 Å². The fourth-order valence-corrected chi connectivity index (χ4v) is 6.43. The van der Waals surface area contributed by atoms with Crippen LogP contribution >= 0.6 is 34.2 Å². The molecule has 0 spiro atoms. The van der Waals surface area contributed by atoms with Gasteiger partial charge in [-0.3, -0.25) is 0 Å². The third-order valence-electron chi connectivity index (χ3n) is 7.00. The van der Waals surface area contributed by atoms with Gasteiger partial charge in [0.1, 0.15) is 17.6 Å².